The summed E-state index contributed by atoms with van der Waals surface area (Å²) in [5.74, 6) is 0. The maximum atomic E-state index is 6.53. The van der Waals surface area contributed by atoms with Crippen LogP contribution in [0.5, 0.6) is 0 Å². The lowest BCUT2D eigenvalue weighted by Crippen LogP contribution is -2.28. The summed E-state index contributed by atoms with van der Waals surface area (Å²) in [7, 11) is 0. The van der Waals surface area contributed by atoms with E-state index in [1.807, 2.05) is 12.1 Å². The van der Waals surface area contributed by atoms with Crippen LogP contribution < -0.4 is 0 Å². The number of aryl methyl sites for hydroxylation is 1. The molecule has 0 aliphatic heterocycles. The first kappa shape index (κ1) is 18.0. The van der Waals surface area contributed by atoms with Crippen molar-refractivity contribution in [2.75, 3.05) is 0 Å². The van der Waals surface area contributed by atoms with Crippen molar-refractivity contribution in [3.63, 3.8) is 0 Å². The van der Waals surface area contributed by atoms with Crippen molar-refractivity contribution in [1.82, 2.24) is 0 Å². The van der Waals surface area contributed by atoms with Gasteiger partial charge in [-0.1, -0.05) is 109 Å². The molecule has 4 aromatic carbocycles. The Kier molecular flexibility index (Phi) is 4.19. The van der Waals surface area contributed by atoms with Gasteiger partial charge in [0.2, 0.25) is 0 Å². The van der Waals surface area contributed by atoms with Crippen LogP contribution in [0.4, 0.5) is 0 Å². The largest absolute Gasteiger partial charge is 0.0985 e. The molecule has 0 fully saturated rings. The van der Waals surface area contributed by atoms with E-state index in [0.29, 0.717) is 0 Å². The lowest BCUT2D eigenvalue weighted by molar-refractivity contribution is 0.768. The summed E-state index contributed by atoms with van der Waals surface area (Å²) in [6.45, 7) is 6.04. The maximum absolute atomic E-state index is 6.53. The fraction of sp³-hybridized carbons (Fsp3) is 0.0714. The zero-order valence-electron chi connectivity index (χ0n) is 16.3. The average Bonchev–Trinajstić information content (AvgIpc) is 3.05. The number of benzene rings is 4. The van der Waals surface area contributed by atoms with Gasteiger partial charge in [0.25, 0.3) is 0 Å². The minimum absolute atomic E-state index is 0.399. The predicted molar refractivity (Wildman–Crippen MR) is 124 cm³/mol. The van der Waals surface area contributed by atoms with Gasteiger partial charge in [-0.3, -0.25) is 0 Å². The molecule has 5 rings (SSSR count). The molecule has 29 heavy (non-hydrogen) atoms. The van der Waals surface area contributed by atoms with Crippen LogP contribution in [0, 0.1) is 6.92 Å². The number of rotatable bonds is 3. The molecule has 0 spiro atoms. The highest BCUT2D eigenvalue weighted by molar-refractivity contribution is 6.30. The van der Waals surface area contributed by atoms with Gasteiger partial charge >= 0.3 is 0 Å². The molecule has 0 bridgehead atoms. The van der Waals surface area contributed by atoms with Gasteiger partial charge < -0.3 is 0 Å². The molecule has 1 heteroatoms. The van der Waals surface area contributed by atoms with Crippen LogP contribution in [0.1, 0.15) is 33.4 Å². The molecule has 4 aromatic rings. The second-order valence-corrected chi connectivity index (χ2v) is 8.11. The van der Waals surface area contributed by atoms with Gasteiger partial charge in [0, 0.05) is 5.02 Å². The molecule has 0 amide bonds. The number of fused-ring (bicyclic) bond motifs is 3. The molecule has 140 valence electrons. The van der Waals surface area contributed by atoms with E-state index in [9.17, 15) is 0 Å². The molecule has 1 atom stereocenters. The minimum atomic E-state index is -0.399. The molecule has 1 aliphatic carbocycles. The highest BCUT2D eigenvalue weighted by Gasteiger charge is 2.46. The summed E-state index contributed by atoms with van der Waals surface area (Å²) < 4.78 is 0. The monoisotopic (exact) mass is 392 g/mol. The first-order valence-corrected chi connectivity index (χ1v) is 10.2. The van der Waals surface area contributed by atoms with Crippen LogP contribution in [0.3, 0.4) is 0 Å². The van der Waals surface area contributed by atoms with E-state index in [0.717, 1.165) is 10.6 Å². The van der Waals surface area contributed by atoms with E-state index in [1.54, 1.807) is 0 Å². The van der Waals surface area contributed by atoms with Crippen molar-refractivity contribution in [2.45, 2.75) is 12.3 Å². The second kappa shape index (κ2) is 6.76. The molecule has 1 aliphatic rings. The average molecular weight is 393 g/mol. The molecular formula is C28H21Cl. The summed E-state index contributed by atoms with van der Waals surface area (Å²) in [4.78, 5) is 0. The summed E-state index contributed by atoms with van der Waals surface area (Å²) in [5, 5.41) is 0.760. The summed E-state index contributed by atoms with van der Waals surface area (Å²) in [6, 6.07) is 32.6. The SMILES string of the molecule is C=Cc1ccc(C2(c3ccc(C)cc3)c3ccccc3-c3ccc(Cl)cc32)cc1. The van der Waals surface area contributed by atoms with Crippen LogP contribution in [-0.2, 0) is 5.41 Å². The number of halogens is 1. The number of hydrogen-bond acceptors (Lipinski definition) is 0. The van der Waals surface area contributed by atoms with Gasteiger partial charge in [-0.25, -0.2) is 0 Å². The van der Waals surface area contributed by atoms with Crippen molar-refractivity contribution in [2.24, 2.45) is 0 Å². The molecule has 0 nitrogen and oxygen atoms in total. The van der Waals surface area contributed by atoms with E-state index >= 15 is 0 Å². The Morgan fingerprint density at radius 3 is 2.03 bits per heavy atom. The lowest BCUT2D eigenvalue weighted by Gasteiger charge is -2.34. The van der Waals surface area contributed by atoms with Crippen LogP contribution in [0.15, 0.2) is 97.6 Å². The fourth-order valence-corrected chi connectivity index (χ4v) is 4.89. The maximum Gasteiger partial charge on any atom is 0.0714 e. The zero-order valence-corrected chi connectivity index (χ0v) is 17.1. The Morgan fingerprint density at radius 1 is 0.724 bits per heavy atom. The molecule has 0 N–H and O–H groups in total. The van der Waals surface area contributed by atoms with Gasteiger partial charge in [-0.05, 0) is 58.0 Å². The van der Waals surface area contributed by atoms with Crippen LogP contribution in [-0.4, -0.2) is 0 Å². The van der Waals surface area contributed by atoms with Crippen molar-refractivity contribution in [1.29, 1.82) is 0 Å². The Balaban J connectivity index is 1.94. The summed E-state index contributed by atoms with van der Waals surface area (Å²) in [5.41, 5.74) is 9.52. The normalized spacial score (nSPS) is 16.9. The third kappa shape index (κ3) is 2.60. The van der Waals surface area contributed by atoms with Gasteiger partial charge in [-0.2, -0.15) is 0 Å². The van der Waals surface area contributed by atoms with Gasteiger partial charge in [-0.15, -0.1) is 0 Å². The topological polar surface area (TPSA) is 0 Å². The van der Waals surface area contributed by atoms with Crippen LogP contribution >= 0.6 is 11.6 Å². The highest BCUT2D eigenvalue weighted by Crippen LogP contribution is 2.56. The smallest absolute Gasteiger partial charge is 0.0714 e. The van der Waals surface area contributed by atoms with E-state index in [1.165, 1.54) is 38.9 Å². The molecule has 0 saturated heterocycles. The van der Waals surface area contributed by atoms with E-state index in [4.69, 9.17) is 11.6 Å². The standard InChI is InChI=1S/C28H21Cl/c1-3-20-10-14-22(15-11-20)28(21-12-8-19(2)9-13-21)26-7-5-4-6-24(26)25-17-16-23(29)18-27(25)28/h3-18H,1H2,2H3. The van der Waals surface area contributed by atoms with Crippen molar-refractivity contribution in [3.05, 3.63) is 136 Å². The summed E-state index contributed by atoms with van der Waals surface area (Å²) >= 11 is 6.53. The minimum Gasteiger partial charge on any atom is -0.0985 e. The Bertz CT molecular complexity index is 1220. The predicted octanol–water partition coefficient (Wildman–Crippen LogP) is 7.65. The first-order chi connectivity index (χ1) is 14.1. The molecular weight excluding hydrogens is 372 g/mol. The first-order valence-electron chi connectivity index (χ1n) is 9.84. The molecule has 0 saturated carbocycles. The Morgan fingerprint density at radius 2 is 1.34 bits per heavy atom. The van der Waals surface area contributed by atoms with Crippen molar-refractivity contribution < 1.29 is 0 Å². The quantitative estimate of drug-likeness (QED) is 0.295. The highest BCUT2D eigenvalue weighted by atomic mass is 35.5. The molecule has 0 radical (unpaired) electrons. The lowest BCUT2D eigenvalue weighted by atomic mass is 9.67. The third-order valence-corrected chi connectivity index (χ3v) is 6.31. The zero-order chi connectivity index (χ0) is 20.0. The van der Waals surface area contributed by atoms with Crippen LogP contribution in [0.25, 0.3) is 17.2 Å². The molecule has 0 aromatic heterocycles. The Labute approximate surface area is 177 Å². The summed E-state index contributed by atoms with van der Waals surface area (Å²) in [6.07, 6.45) is 1.88. The van der Waals surface area contributed by atoms with Crippen molar-refractivity contribution >= 4 is 17.7 Å². The molecule has 1 unspecified atom stereocenters. The van der Waals surface area contributed by atoms with Gasteiger partial charge in [0.15, 0.2) is 0 Å². The second-order valence-electron chi connectivity index (χ2n) is 7.68. The van der Waals surface area contributed by atoms with Crippen LogP contribution in [0.2, 0.25) is 5.02 Å². The van der Waals surface area contributed by atoms with E-state index in [2.05, 4.69) is 98.4 Å². The molecule has 0 heterocycles. The Hall–Kier alpha value is -3.09. The van der Waals surface area contributed by atoms with Crippen molar-refractivity contribution in [3.8, 4) is 11.1 Å². The van der Waals surface area contributed by atoms with Gasteiger partial charge in [0.05, 0.1) is 5.41 Å². The van der Waals surface area contributed by atoms with E-state index < -0.39 is 5.41 Å². The van der Waals surface area contributed by atoms with Gasteiger partial charge in [0.1, 0.15) is 0 Å². The number of hydrogen-bond donors (Lipinski definition) is 0. The van der Waals surface area contributed by atoms with E-state index in [-0.39, 0.29) is 0 Å². The fourth-order valence-electron chi connectivity index (χ4n) is 4.71. The third-order valence-electron chi connectivity index (χ3n) is 6.07.